The van der Waals surface area contributed by atoms with E-state index >= 15 is 0 Å². The SMILES string of the molecule is COc1ccc2[nH]c(C(=O)N3CCC(CN4CCC5(CCCCO5)CC4)CC3)cc2c1. The molecule has 1 N–H and O–H groups in total. The molecular weight excluding hydrogens is 390 g/mol. The van der Waals surface area contributed by atoms with Gasteiger partial charge in [-0.1, -0.05) is 0 Å². The summed E-state index contributed by atoms with van der Waals surface area (Å²) >= 11 is 0. The summed E-state index contributed by atoms with van der Waals surface area (Å²) in [5, 5.41) is 1.02. The minimum Gasteiger partial charge on any atom is -0.497 e. The minimum atomic E-state index is 0.114. The second-order valence-electron chi connectivity index (χ2n) is 9.66. The van der Waals surface area contributed by atoms with E-state index in [4.69, 9.17) is 9.47 Å². The molecule has 0 saturated carbocycles. The van der Waals surface area contributed by atoms with Crippen LogP contribution in [-0.4, -0.2) is 72.7 Å². The van der Waals surface area contributed by atoms with Gasteiger partial charge in [0.25, 0.3) is 5.91 Å². The molecule has 5 rings (SSSR count). The van der Waals surface area contributed by atoms with E-state index in [1.165, 1.54) is 38.6 Å². The predicted octanol–water partition coefficient (Wildman–Crippen LogP) is 4.06. The van der Waals surface area contributed by atoms with Crippen LogP contribution in [0.1, 0.15) is 55.4 Å². The second kappa shape index (κ2) is 8.83. The van der Waals surface area contributed by atoms with E-state index in [0.717, 1.165) is 62.3 Å². The third-order valence-corrected chi connectivity index (χ3v) is 7.68. The number of carbonyl (C=O) groups is 1. The van der Waals surface area contributed by atoms with Crippen LogP contribution in [0.3, 0.4) is 0 Å². The number of amides is 1. The molecule has 0 radical (unpaired) electrons. The van der Waals surface area contributed by atoms with Crippen molar-refractivity contribution >= 4 is 16.8 Å². The number of ether oxygens (including phenoxy) is 2. The molecule has 0 unspecified atom stereocenters. The number of aromatic amines is 1. The number of likely N-dealkylation sites (tertiary alicyclic amines) is 2. The summed E-state index contributed by atoms with van der Waals surface area (Å²) in [6.45, 7) is 6.15. The van der Waals surface area contributed by atoms with E-state index in [0.29, 0.717) is 11.6 Å². The van der Waals surface area contributed by atoms with Gasteiger partial charge >= 0.3 is 0 Å². The Kier molecular flexibility index (Phi) is 5.93. The van der Waals surface area contributed by atoms with E-state index < -0.39 is 0 Å². The van der Waals surface area contributed by atoms with Gasteiger partial charge in [-0.2, -0.15) is 0 Å². The number of methoxy groups -OCH3 is 1. The molecule has 1 spiro atoms. The quantitative estimate of drug-likeness (QED) is 0.803. The molecule has 6 nitrogen and oxygen atoms in total. The molecule has 6 heteroatoms. The van der Waals surface area contributed by atoms with E-state index in [-0.39, 0.29) is 11.5 Å². The fourth-order valence-corrected chi connectivity index (χ4v) is 5.65. The van der Waals surface area contributed by atoms with Gasteiger partial charge in [-0.15, -0.1) is 0 Å². The summed E-state index contributed by atoms with van der Waals surface area (Å²) in [5.74, 6) is 1.62. The fourth-order valence-electron chi connectivity index (χ4n) is 5.65. The highest BCUT2D eigenvalue weighted by atomic mass is 16.5. The van der Waals surface area contributed by atoms with Gasteiger partial charge in [0.05, 0.1) is 12.7 Å². The van der Waals surface area contributed by atoms with Crippen molar-refractivity contribution in [1.82, 2.24) is 14.8 Å². The number of nitrogens with one attached hydrogen (secondary N) is 1. The number of hydrogen-bond donors (Lipinski definition) is 1. The third-order valence-electron chi connectivity index (χ3n) is 7.68. The Balaban J connectivity index is 1.12. The third kappa shape index (κ3) is 4.46. The Labute approximate surface area is 184 Å². The summed E-state index contributed by atoms with van der Waals surface area (Å²) in [7, 11) is 1.66. The van der Waals surface area contributed by atoms with Gasteiger partial charge in [0, 0.05) is 50.2 Å². The monoisotopic (exact) mass is 425 g/mol. The van der Waals surface area contributed by atoms with Crippen molar-refractivity contribution in [3.63, 3.8) is 0 Å². The number of aromatic nitrogens is 1. The molecule has 2 aromatic rings. The second-order valence-corrected chi connectivity index (χ2v) is 9.66. The molecule has 168 valence electrons. The summed E-state index contributed by atoms with van der Waals surface area (Å²) in [6.07, 6.45) is 8.38. The van der Waals surface area contributed by atoms with Crippen molar-refractivity contribution in [2.45, 2.75) is 50.5 Å². The highest BCUT2D eigenvalue weighted by molar-refractivity contribution is 5.98. The zero-order valence-corrected chi connectivity index (χ0v) is 18.7. The zero-order valence-electron chi connectivity index (χ0n) is 18.7. The summed E-state index contributed by atoms with van der Waals surface area (Å²) in [4.78, 5) is 21.0. The number of carbonyl (C=O) groups excluding carboxylic acids is 1. The van der Waals surface area contributed by atoms with Gasteiger partial charge in [-0.05, 0) is 75.1 Å². The predicted molar refractivity (Wildman–Crippen MR) is 122 cm³/mol. The zero-order chi connectivity index (χ0) is 21.3. The average molecular weight is 426 g/mol. The van der Waals surface area contributed by atoms with Crippen molar-refractivity contribution in [3.05, 3.63) is 30.0 Å². The van der Waals surface area contributed by atoms with Crippen LogP contribution >= 0.6 is 0 Å². The van der Waals surface area contributed by atoms with E-state index in [9.17, 15) is 4.79 Å². The van der Waals surface area contributed by atoms with Crippen molar-refractivity contribution < 1.29 is 14.3 Å². The summed E-state index contributed by atoms with van der Waals surface area (Å²) in [5.41, 5.74) is 1.84. The molecule has 3 fully saturated rings. The molecule has 0 bridgehead atoms. The van der Waals surface area contributed by atoms with Gasteiger partial charge in [0.15, 0.2) is 0 Å². The molecule has 3 saturated heterocycles. The Morgan fingerprint density at radius 1 is 1.13 bits per heavy atom. The smallest absolute Gasteiger partial charge is 0.270 e. The molecule has 4 heterocycles. The molecule has 1 aromatic heterocycles. The van der Waals surface area contributed by atoms with Gasteiger partial charge in [0.1, 0.15) is 11.4 Å². The Morgan fingerprint density at radius 3 is 2.65 bits per heavy atom. The summed E-state index contributed by atoms with van der Waals surface area (Å²) < 4.78 is 11.5. The number of H-pyrrole nitrogens is 1. The van der Waals surface area contributed by atoms with Gasteiger partial charge < -0.3 is 24.3 Å². The highest BCUT2D eigenvalue weighted by Gasteiger charge is 2.37. The number of fused-ring (bicyclic) bond motifs is 1. The summed E-state index contributed by atoms with van der Waals surface area (Å²) in [6, 6.07) is 7.80. The molecule has 0 atom stereocenters. The van der Waals surface area contributed by atoms with E-state index in [2.05, 4.69) is 9.88 Å². The van der Waals surface area contributed by atoms with Crippen molar-refractivity contribution in [2.24, 2.45) is 5.92 Å². The first kappa shape index (κ1) is 20.8. The average Bonchev–Trinajstić information content (AvgIpc) is 3.25. The van der Waals surface area contributed by atoms with Gasteiger partial charge in [-0.25, -0.2) is 0 Å². The molecular formula is C25H35N3O3. The number of hydrogen-bond acceptors (Lipinski definition) is 4. The molecule has 1 amide bonds. The van der Waals surface area contributed by atoms with Crippen LogP contribution < -0.4 is 4.74 Å². The first-order valence-electron chi connectivity index (χ1n) is 12.0. The van der Waals surface area contributed by atoms with Gasteiger partial charge in [-0.3, -0.25) is 4.79 Å². The first-order valence-corrected chi connectivity index (χ1v) is 12.0. The van der Waals surface area contributed by atoms with Crippen LogP contribution in [-0.2, 0) is 4.74 Å². The van der Waals surface area contributed by atoms with Gasteiger partial charge in [0.2, 0.25) is 0 Å². The largest absolute Gasteiger partial charge is 0.497 e. The molecule has 31 heavy (non-hydrogen) atoms. The van der Waals surface area contributed by atoms with Crippen LogP contribution in [0.25, 0.3) is 10.9 Å². The van der Waals surface area contributed by atoms with Crippen LogP contribution in [0.4, 0.5) is 0 Å². The van der Waals surface area contributed by atoms with E-state index in [1.807, 2.05) is 29.2 Å². The van der Waals surface area contributed by atoms with Crippen LogP contribution in [0.2, 0.25) is 0 Å². The Hall–Kier alpha value is -2.05. The molecule has 1 aromatic carbocycles. The van der Waals surface area contributed by atoms with E-state index in [1.54, 1.807) is 7.11 Å². The topological polar surface area (TPSA) is 57.8 Å². The lowest BCUT2D eigenvalue weighted by atomic mass is 9.84. The number of benzene rings is 1. The maximum absolute atomic E-state index is 13.0. The maximum atomic E-state index is 13.0. The maximum Gasteiger partial charge on any atom is 0.270 e. The van der Waals surface area contributed by atoms with Crippen molar-refractivity contribution in [3.8, 4) is 5.75 Å². The van der Waals surface area contributed by atoms with Crippen LogP contribution in [0.5, 0.6) is 5.75 Å². The standard InChI is InChI=1S/C25H35N3O3/c1-30-21-4-5-22-20(16-21)17-23(26-22)24(29)28-11-6-19(7-12-28)18-27-13-9-25(10-14-27)8-2-3-15-31-25/h4-5,16-17,19,26H,2-3,6-15,18H2,1H3. The number of rotatable bonds is 4. The fraction of sp³-hybridized carbons (Fsp3) is 0.640. The van der Waals surface area contributed by atoms with Crippen molar-refractivity contribution in [2.75, 3.05) is 46.4 Å². The molecule has 0 aliphatic carbocycles. The lowest BCUT2D eigenvalue weighted by Crippen LogP contribution is -2.49. The first-order chi connectivity index (χ1) is 15.1. The Morgan fingerprint density at radius 2 is 1.94 bits per heavy atom. The minimum absolute atomic E-state index is 0.114. The van der Waals surface area contributed by atoms with Crippen LogP contribution in [0.15, 0.2) is 24.3 Å². The number of piperidine rings is 2. The highest BCUT2D eigenvalue weighted by Crippen LogP contribution is 2.35. The lowest BCUT2D eigenvalue weighted by Gasteiger charge is -2.45. The lowest BCUT2D eigenvalue weighted by molar-refractivity contribution is -0.112. The molecule has 3 aliphatic rings. The van der Waals surface area contributed by atoms with Crippen molar-refractivity contribution in [1.29, 1.82) is 0 Å². The molecule has 3 aliphatic heterocycles. The normalized spacial score (nSPS) is 22.8. The van der Waals surface area contributed by atoms with Crippen LogP contribution in [0, 0.1) is 5.92 Å². The Bertz CT molecular complexity index is 900. The number of nitrogens with zero attached hydrogens (tertiary/aromatic N) is 2.